The van der Waals surface area contributed by atoms with Crippen molar-refractivity contribution in [3.63, 3.8) is 0 Å². The Bertz CT molecular complexity index is 637. The van der Waals surface area contributed by atoms with Crippen LogP contribution < -0.4 is 4.74 Å². The number of ether oxygens (including phenoxy) is 1. The van der Waals surface area contributed by atoms with E-state index in [-0.39, 0.29) is 6.42 Å². The first kappa shape index (κ1) is 14.6. The van der Waals surface area contributed by atoms with E-state index in [2.05, 4.69) is 21.0 Å². The number of halogens is 1. The molecule has 0 spiro atoms. The number of aryl methyl sites for hydroxylation is 2. The molecule has 1 heterocycles. The molecule has 5 nitrogen and oxygen atoms in total. The molecule has 0 amide bonds. The Morgan fingerprint density at radius 3 is 2.85 bits per heavy atom. The lowest BCUT2D eigenvalue weighted by Gasteiger charge is -2.08. The van der Waals surface area contributed by atoms with Crippen LogP contribution in [0.5, 0.6) is 5.75 Å². The minimum atomic E-state index is -0.831. The third kappa shape index (κ3) is 3.19. The fourth-order valence-corrected chi connectivity index (χ4v) is 2.42. The molecule has 0 radical (unpaired) electrons. The Balaban J connectivity index is 2.46. The number of aliphatic carboxylic acids is 1. The first-order chi connectivity index (χ1) is 9.51. The van der Waals surface area contributed by atoms with Gasteiger partial charge >= 0.3 is 5.97 Å². The summed E-state index contributed by atoms with van der Waals surface area (Å²) in [6.07, 6.45) is 2.32. The fourth-order valence-electron chi connectivity index (χ4n) is 2.06. The molecule has 1 N–H and O–H groups in total. The highest BCUT2D eigenvalue weighted by molar-refractivity contribution is 9.10. The summed E-state index contributed by atoms with van der Waals surface area (Å²) in [7, 11) is 3.43. The highest BCUT2D eigenvalue weighted by Gasteiger charge is 2.15. The summed E-state index contributed by atoms with van der Waals surface area (Å²) < 4.78 is 7.99. The fraction of sp³-hybridized carbons (Fsp3) is 0.286. The molecular formula is C14H15BrN2O3. The van der Waals surface area contributed by atoms with Gasteiger partial charge < -0.3 is 9.84 Å². The highest BCUT2D eigenvalue weighted by atomic mass is 79.9. The lowest BCUT2D eigenvalue weighted by atomic mass is 10.0. The van der Waals surface area contributed by atoms with Gasteiger partial charge in [0.2, 0.25) is 0 Å². The number of carbonyl (C=O) groups is 1. The van der Waals surface area contributed by atoms with Crippen LogP contribution in [0, 0.1) is 0 Å². The molecule has 6 heteroatoms. The van der Waals surface area contributed by atoms with Gasteiger partial charge in [-0.3, -0.25) is 9.48 Å². The summed E-state index contributed by atoms with van der Waals surface area (Å²) in [6, 6.07) is 5.71. The Hall–Kier alpha value is -1.82. The molecule has 0 bridgehead atoms. The van der Waals surface area contributed by atoms with Crippen molar-refractivity contribution in [1.29, 1.82) is 0 Å². The molecule has 0 atom stereocenters. The summed E-state index contributed by atoms with van der Waals surface area (Å²) >= 11 is 3.44. The first-order valence-electron chi connectivity index (χ1n) is 6.09. The van der Waals surface area contributed by atoms with Crippen LogP contribution in [0.2, 0.25) is 0 Å². The molecule has 1 aromatic carbocycles. The lowest BCUT2D eigenvalue weighted by Crippen LogP contribution is -2.00. The molecule has 0 unspecified atom stereocenters. The number of carboxylic acid groups (broad SMARTS) is 1. The second-order valence-electron chi connectivity index (χ2n) is 4.40. The zero-order valence-corrected chi connectivity index (χ0v) is 12.8. The van der Waals surface area contributed by atoms with Crippen LogP contribution in [0.4, 0.5) is 0 Å². The van der Waals surface area contributed by atoms with Crippen LogP contribution >= 0.6 is 15.9 Å². The molecule has 0 aliphatic carbocycles. The van der Waals surface area contributed by atoms with Crippen molar-refractivity contribution >= 4 is 21.9 Å². The molecule has 0 saturated heterocycles. The lowest BCUT2D eigenvalue weighted by molar-refractivity contribution is -0.136. The highest BCUT2D eigenvalue weighted by Crippen LogP contribution is 2.34. The van der Waals surface area contributed by atoms with E-state index >= 15 is 0 Å². The minimum absolute atomic E-state index is 0.0559. The number of nitrogens with zero attached hydrogens (tertiary/aromatic N) is 2. The molecule has 0 aliphatic heterocycles. The van der Waals surface area contributed by atoms with Gasteiger partial charge in [0.1, 0.15) is 5.75 Å². The maximum absolute atomic E-state index is 10.7. The molecular weight excluding hydrogens is 324 g/mol. The third-order valence-electron chi connectivity index (χ3n) is 2.93. The van der Waals surface area contributed by atoms with Gasteiger partial charge in [0.25, 0.3) is 0 Å². The van der Waals surface area contributed by atoms with Crippen LogP contribution in [0.3, 0.4) is 0 Å². The third-order valence-corrected chi connectivity index (χ3v) is 3.43. The van der Waals surface area contributed by atoms with E-state index in [1.807, 2.05) is 31.4 Å². The number of carboxylic acids is 1. The van der Waals surface area contributed by atoms with Gasteiger partial charge in [-0.2, -0.15) is 5.10 Å². The molecule has 1 aromatic heterocycles. The van der Waals surface area contributed by atoms with Crippen LogP contribution in [0.15, 0.2) is 28.9 Å². The molecule has 2 aromatic rings. The van der Waals surface area contributed by atoms with Crippen molar-refractivity contribution in [3.05, 3.63) is 34.6 Å². The van der Waals surface area contributed by atoms with Crippen LogP contribution in [0.25, 0.3) is 11.1 Å². The van der Waals surface area contributed by atoms with Crippen molar-refractivity contribution in [2.24, 2.45) is 7.05 Å². The molecule has 2 rings (SSSR count). The van der Waals surface area contributed by atoms with Gasteiger partial charge in [-0.25, -0.2) is 0 Å². The number of hydrogen-bond acceptors (Lipinski definition) is 3. The first-order valence-corrected chi connectivity index (χ1v) is 6.88. The Morgan fingerprint density at radius 2 is 2.20 bits per heavy atom. The number of methoxy groups -OCH3 is 1. The van der Waals surface area contributed by atoms with Crippen molar-refractivity contribution in [2.75, 3.05) is 7.11 Å². The molecule has 0 aliphatic rings. The second kappa shape index (κ2) is 6.09. The van der Waals surface area contributed by atoms with Crippen LogP contribution in [-0.2, 0) is 18.3 Å². The molecule has 20 heavy (non-hydrogen) atoms. The largest absolute Gasteiger partial charge is 0.496 e. The van der Waals surface area contributed by atoms with E-state index in [4.69, 9.17) is 9.84 Å². The van der Waals surface area contributed by atoms with Crippen molar-refractivity contribution < 1.29 is 14.6 Å². The summed E-state index contributed by atoms with van der Waals surface area (Å²) in [5, 5.41) is 13.2. The van der Waals surface area contributed by atoms with Crippen molar-refractivity contribution in [2.45, 2.75) is 12.8 Å². The Kier molecular flexibility index (Phi) is 4.44. The minimum Gasteiger partial charge on any atom is -0.496 e. The van der Waals surface area contributed by atoms with Crippen LogP contribution in [0.1, 0.15) is 12.1 Å². The summed E-state index contributed by atoms with van der Waals surface area (Å²) in [4.78, 5) is 10.7. The predicted molar refractivity (Wildman–Crippen MR) is 78.9 cm³/mol. The van der Waals surface area contributed by atoms with E-state index in [0.717, 1.165) is 27.0 Å². The average Bonchev–Trinajstić information content (AvgIpc) is 2.77. The van der Waals surface area contributed by atoms with Crippen molar-refractivity contribution in [3.8, 4) is 16.9 Å². The Labute approximate surface area is 125 Å². The molecule has 0 fully saturated rings. The monoisotopic (exact) mass is 338 g/mol. The average molecular weight is 339 g/mol. The van der Waals surface area contributed by atoms with E-state index in [1.165, 1.54) is 0 Å². The number of benzene rings is 1. The zero-order chi connectivity index (χ0) is 14.7. The topological polar surface area (TPSA) is 64.4 Å². The van der Waals surface area contributed by atoms with Gasteiger partial charge in [0.15, 0.2) is 0 Å². The maximum atomic E-state index is 10.7. The predicted octanol–water partition coefficient (Wildman–Crippen LogP) is 2.88. The van der Waals surface area contributed by atoms with Gasteiger partial charge in [0.05, 0.1) is 19.2 Å². The van der Waals surface area contributed by atoms with Gasteiger partial charge in [-0.1, -0.05) is 15.9 Å². The smallest absolute Gasteiger partial charge is 0.303 e. The van der Waals surface area contributed by atoms with Crippen LogP contribution in [-0.4, -0.2) is 28.0 Å². The summed E-state index contributed by atoms with van der Waals surface area (Å²) in [5.41, 5.74) is 2.55. The summed E-state index contributed by atoms with van der Waals surface area (Å²) in [5.74, 6) is -0.0967. The second-order valence-corrected chi connectivity index (χ2v) is 5.32. The van der Waals surface area contributed by atoms with E-state index in [9.17, 15) is 4.79 Å². The quantitative estimate of drug-likeness (QED) is 0.910. The maximum Gasteiger partial charge on any atom is 0.303 e. The SMILES string of the molecule is COc1ccc(Br)cc1-c1cn(C)nc1CCC(=O)O. The van der Waals surface area contributed by atoms with E-state index in [0.29, 0.717) is 6.42 Å². The van der Waals surface area contributed by atoms with E-state index < -0.39 is 5.97 Å². The molecule has 106 valence electrons. The van der Waals surface area contributed by atoms with Gasteiger partial charge in [-0.05, 0) is 18.2 Å². The summed E-state index contributed by atoms with van der Waals surface area (Å²) in [6.45, 7) is 0. The number of hydrogen-bond donors (Lipinski definition) is 1. The Morgan fingerprint density at radius 1 is 1.45 bits per heavy atom. The van der Waals surface area contributed by atoms with Crippen molar-refractivity contribution in [1.82, 2.24) is 9.78 Å². The van der Waals surface area contributed by atoms with E-state index in [1.54, 1.807) is 11.8 Å². The zero-order valence-electron chi connectivity index (χ0n) is 11.3. The normalized spacial score (nSPS) is 10.6. The van der Waals surface area contributed by atoms with Gasteiger partial charge in [0, 0.05) is 35.3 Å². The number of rotatable bonds is 5. The molecule has 0 saturated carbocycles. The number of aromatic nitrogens is 2. The standard InChI is InChI=1S/C14H15BrN2O3/c1-17-8-11(12(16-17)4-6-14(18)19)10-7-9(15)3-5-13(10)20-2/h3,5,7-8H,4,6H2,1-2H3,(H,18,19). The van der Waals surface area contributed by atoms with Gasteiger partial charge in [-0.15, -0.1) is 0 Å².